The lowest BCUT2D eigenvalue weighted by Gasteiger charge is -2.21. The Morgan fingerprint density at radius 1 is 1.07 bits per heavy atom. The van der Waals surface area contributed by atoms with E-state index in [4.69, 9.17) is 4.74 Å². The molecule has 0 heterocycles. The van der Waals surface area contributed by atoms with Crippen molar-refractivity contribution in [2.24, 2.45) is 0 Å². The second-order valence-electron chi connectivity index (χ2n) is 7.13. The fraction of sp³-hybridized carbons (Fsp3) is 0.435. The molecule has 0 aliphatic rings. The van der Waals surface area contributed by atoms with Crippen LogP contribution in [0, 0.1) is 10.1 Å². The minimum Gasteiger partial charge on any atom is -0.497 e. The standard InChI is InChI=1S/C23H31N3O4/c1-4-25(5-2)17-7-6-8-22(18-11-15-21(30-3)16-12-18)24-23(27)19-9-13-20(14-10-19)26(28)29/h9-16,22H,4-8,17H2,1-3H3,(H,24,27). The molecule has 1 amide bonds. The third kappa shape index (κ3) is 6.84. The molecule has 0 radical (unpaired) electrons. The van der Waals surface area contributed by atoms with E-state index in [9.17, 15) is 14.9 Å². The zero-order chi connectivity index (χ0) is 21.9. The number of ether oxygens (including phenoxy) is 1. The second-order valence-corrected chi connectivity index (χ2v) is 7.13. The molecule has 7 nitrogen and oxygen atoms in total. The second kappa shape index (κ2) is 11.9. The monoisotopic (exact) mass is 413 g/mol. The van der Waals surface area contributed by atoms with Gasteiger partial charge in [0.2, 0.25) is 0 Å². The van der Waals surface area contributed by atoms with Crippen LogP contribution in [0.25, 0.3) is 0 Å². The number of methoxy groups -OCH3 is 1. The molecule has 0 spiro atoms. The van der Waals surface area contributed by atoms with Gasteiger partial charge in [0.05, 0.1) is 18.1 Å². The normalized spacial score (nSPS) is 11.9. The van der Waals surface area contributed by atoms with Gasteiger partial charge in [-0.25, -0.2) is 0 Å². The molecule has 1 atom stereocenters. The molecule has 30 heavy (non-hydrogen) atoms. The molecule has 0 aliphatic carbocycles. The SMILES string of the molecule is CCN(CC)CCCCC(NC(=O)c1ccc([N+](=O)[O-])cc1)c1ccc(OC)cc1. The molecule has 0 saturated heterocycles. The predicted molar refractivity (Wildman–Crippen MR) is 118 cm³/mol. The molecule has 1 N–H and O–H groups in total. The minimum absolute atomic E-state index is 0.0327. The van der Waals surface area contributed by atoms with Crippen LogP contribution in [-0.2, 0) is 0 Å². The molecule has 2 aromatic rings. The van der Waals surface area contributed by atoms with Crippen LogP contribution in [0.5, 0.6) is 5.75 Å². The van der Waals surface area contributed by atoms with E-state index < -0.39 is 4.92 Å². The first-order valence-electron chi connectivity index (χ1n) is 10.4. The molecule has 7 heteroatoms. The third-order valence-corrected chi connectivity index (χ3v) is 5.28. The lowest BCUT2D eigenvalue weighted by molar-refractivity contribution is -0.384. The highest BCUT2D eigenvalue weighted by Crippen LogP contribution is 2.23. The highest BCUT2D eigenvalue weighted by atomic mass is 16.6. The molecule has 2 rings (SSSR count). The maximum absolute atomic E-state index is 12.8. The molecule has 2 aromatic carbocycles. The van der Waals surface area contributed by atoms with Crippen LogP contribution >= 0.6 is 0 Å². The lowest BCUT2D eigenvalue weighted by atomic mass is 10.00. The molecule has 0 aliphatic heterocycles. The number of carbonyl (C=O) groups is 1. The largest absolute Gasteiger partial charge is 0.497 e. The molecule has 1 unspecified atom stereocenters. The van der Waals surface area contributed by atoms with Gasteiger partial charge in [-0.2, -0.15) is 0 Å². The number of carbonyl (C=O) groups excluding carboxylic acids is 1. The van der Waals surface area contributed by atoms with Gasteiger partial charge >= 0.3 is 0 Å². The lowest BCUT2D eigenvalue weighted by Crippen LogP contribution is -2.29. The average Bonchev–Trinajstić information content (AvgIpc) is 2.78. The summed E-state index contributed by atoms with van der Waals surface area (Å²) in [6, 6.07) is 13.2. The molecular weight excluding hydrogens is 382 g/mol. The first-order chi connectivity index (χ1) is 14.5. The van der Waals surface area contributed by atoms with Crippen LogP contribution in [0.3, 0.4) is 0 Å². The summed E-state index contributed by atoms with van der Waals surface area (Å²) in [6.07, 6.45) is 2.85. The van der Waals surface area contributed by atoms with Gasteiger partial charge in [0.1, 0.15) is 5.75 Å². The Bertz CT molecular complexity index is 802. The molecule has 162 valence electrons. The van der Waals surface area contributed by atoms with E-state index in [1.54, 1.807) is 7.11 Å². The molecular formula is C23H31N3O4. The fourth-order valence-electron chi connectivity index (χ4n) is 3.36. The van der Waals surface area contributed by atoms with Crippen molar-refractivity contribution in [2.75, 3.05) is 26.7 Å². The Morgan fingerprint density at radius 2 is 1.70 bits per heavy atom. The van der Waals surface area contributed by atoms with Crippen molar-refractivity contribution >= 4 is 11.6 Å². The summed E-state index contributed by atoms with van der Waals surface area (Å²) >= 11 is 0. The van der Waals surface area contributed by atoms with E-state index >= 15 is 0 Å². The van der Waals surface area contributed by atoms with Crippen molar-refractivity contribution in [2.45, 2.75) is 39.2 Å². The number of rotatable bonds is 12. The van der Waals surface area contributed by atoms with E-state index in [2.05, 4.69) is 24.1 Å². The number of unbranched alkanes of at least 4 members (excludes halogenated alkanes) is 1. The van der Waals surface area contributed by atoms with Crippen molar-refractivity contribution in [3.05, 3.63) is 69.8 Å². The summed E-state index contributed by atoms with van der Waals surface area (Å²) in [5.74, 6) is 0.523. The molecule has 0 saturated carbocycles. The number of hydrogen-bond acceptors (Lipinski definition) is 5. The Balaban J connectivity index is 2.07. The van der Waals surface area contributed by atoms with Crippen LogP contribution in [-0.4, -0.2) is 42.5 Å². The van der Waals surface area contributed by atoms with Crippen molar-refractivity contribution in [1.29, 1.82) is 0 Å². The predicted octanol–water partition coefficient (Wildman–Crippen LogP) is 4.59. The minimum atomic E-state index is -0.474. The van der Waals surface area contributed by atoms with Crippen molar-refractivity contribution < 1.29 is 14.5 Å². The first kappa shape index (κ1) is 23.3. The van der Waals surface area contributed by atoms with Gasteiger partial charge < -0.3 is 15.0 Å². The summed E-state index contributed by atoms with van der Waals surface area (Å²) in [5.41, 5.74) is 1.38. The van der Waals surface area contributed by atoms with Gasteiger partial charge in [-0.3, -0.25) is 14.9 Å². The Morgan fingerprint density at radius 3 is 2.23 bits per heavy atom. The summed E-state index contributed by atoms with van der Waals surface area (Å²) in [5, 5.41) is 13.9. The van der Waals surface area contributed by atoms with E-state index in [0.717, 1.165) is 50.2 Å². The van der Waals surface area contributed by atoms with E-state index in [1.165, 1.54) is 24.3 Å². The number of nitrogens with one attached hydrogen (secondary N) is 1. The quantitative estimate of drug-likeness (QED) is 0.313. The summed E-state index contributed by atoms with van der Waals surface area (Å²) in [7, 11) is 1.62. The van der Waals surface area contributed by atoms with Gasteiger partial charge in [-0.05, 0) is 68.7 Å². The summed E-state index contributed by atoms with van der Waals surface area (Å²) < 4.78 is 5.23. The van der Waals surface area contributed by atoms with E-state index in [1.807, 2.05) is 24.3 Å². The summed E-state index contributed by atoms with van der Waals surface area (Å²) in [6.45, 7) is 7.44. The Kier molecular flexibility index (Phi) is 9.28. The van der Waals surface area contributed by atoms with Crippen LogP contribution < -0.4 is 10.1 Å². The van der Waals surface area contributed by atoms with Gasteiger partial charge in [0.25, 0.3) is 11.6 Å². The van der Waals surface area contributed by atoms with Gasteiger partial charge in [0, 0.05) is 17.7 Å². The van der Waals surface area contributed by atoms with E-state index in [-0.39, 0.29) is 17.6 Å². The number of nitro benzene ring substituents is 1. The molecule has 0 fully saturated rings. The van der Waals surface area contributed by atoms with Crippen molar-refractivity contribution in [3.8, 4) is 5.75 Å². The van der Waals surface area contributed by atoms with Crippen LogP contribution in [0.15, 0.2) is 48.5 Å². The third-order valence-electron chi connectivity index (χ3n) is 5.28. The van der Waals surface area contributed by atoms with Gasteiger partial charge in [-0.1, -0.05) is 26.0 Å². The molecule has 0 bridgehead atoms. The topological polar surface area (TPSA) is 84.7 Å². The zero-order valence-corrected chi connectivity index (χ0v) is 18.0. The zero-order valence-electron chi connectivity index (χ0n) is 18.0. The number of amides is 1. The Labute approximate surface area is 178 Å². The number of nitro groups is 1. The summed E-state index contributed by atoms with van der Waals surface area (Å²) in [4.78, 5) is 25.5. The average molecular weight is 414 g/mol. The van der Waals surface area contributed by atoms with E-state index in [0.29, 0.717) is 5.56 Å². The van der Waals surface area contributed by atoms with Crippen LogP contribution in [0.4, 0.5) is 5.69 Å². The Hall–Kier alpha value is -2.93. The first-order valence-corrected chi connectivity index (χ1v) is 10.4. The highest BCUT2D eigenvalue weighted by molar-refractivity contribution is 5.94. The number of non-ortho nitro benzene ring substituents is 1. The maximum atomic E-state index is 12.8. The van der Waals surface area contributed by atoms with Crippen LogP contribution in [0.2, 0.25) is 0 Å². The smallest absolute Gasteiger partial charge is 0.269 e. The van der Waals surface area contributed by atoms with Gasteiger partial charge in [-0.15, -0.1) is 0 Å². The van der Waals surface area contributed by atoms with Crippen molar-refractivity contribution in [3.63, 3.8) is 0 Å². The number of benzene rings is 2. The number of nitrogens with zero attached hydrogens (tertiary/aromatic N) is 2. The number of hydrogen-bond donors (Lipinski definition) is 1. The highest BCUT2D eigenvalue weighted by Gasteiger charge is 2.17. The van der Waals surface area contributed by atoms with Gasteiger partial charge in [0.15, 0.2) is 0 Å². The van der Waals surface area contributed by atoms with Crippen LogP contribution in [0.1, 0.15) is 55.1 Å². The molecule has 0 aromatic heterocycles. The van der Waals surface area contributed by atoms with Crippen molar-refractivity contribution in [1.82, 2.24) is 10.2 Å². The maximum Gasteiger partial charge on any atom is 0.269 e. The fourth-order valence-corrected chi connectivity index (χ4v) is 3.36.